The van der Waals surface area contributed by atoms with Crippen molar-refractivity contribution in [3.8, 4) is 0 Å². The molecule has 4 nitrogen and oxygen atoms in total. The molecule has 0 aliphatic carbocycles. The van der Waals surface area contributed by atoms with Crippen molar-refractivity contribution in [2.24, 2.45) is 5.41 Å². The maximum Gasteiger partial charge on any atom is 0.187 e. The van der Waals surface area contributed by atoms with Gasteiger partial charge in [0.1, 0.15) is 0 Å². The van der Waals surface area contributed by atoms with E-state index in [1.54, 1.807) is 0 Å². The second-order valence-corrected chi connectivity index (χ2v) is 5.48. The standard InChI is InChI=1S/C9H14ClN3OS/c1-9(2)5-13(4-3-6(9)14)8-7(10)11-15-12-8/h6,14H,3-5H2,1-2H3. The molecule has 1 aromatic heterocycles. The predicted octanol–water partition coefficient (Wildman–Crippen LogP) is 1.79. The molecule has 2 rings (SSSR count). The zero-order chi connectivity index (χ0) is 11.1. The number of aromatic nitrogens is 2. The van der Waals surface area contributed by atoms with Gasteiger partial charge in [-0.2, -0.15) is 8.75 Å². The van der Waals surface area contributed by atoms with Gasteiger partial charge in [0, 0.05) is 18.5 Å². The Hall–Kier alpha value is -0.390. The van der Waals surface area contributed by atoms with Gasteiger partial charge in [-0.1, -0.05) is 25.4 Å². The van der Waals surface area contributed by atoms with Crippen LogP contribution in [0.15, 0.2) is 0 Å². The molecular weight excluding hydrogens is 234 g/mol. The molecule has 0 radical (unpaired) electrons. The van der Waals surface area contributed by atoms with Crippen molar-refractivity contribution in [3.63, 3.8) is 0 Å². The van der Waals surface area contributed by atoms with Crippen LogP contribution in [0.4, 0.5) is 5.82 Å². The summed E-state index contributed by atoms with van der Waals surface area (Å²) in [6.45, 7) is 5.66. The first-order valence-corrected chi connectivity index (χ1v) is 6.02. The smallest absolute Gasteiger partial charge is 0.187 e. The van der Waals surface area contributed by atoms with Crippen LogP contribution in [0.1, 0.15) is 20.3 Å². The lowest BCUT2D eigenvalue weighted by molar-refractivity contribution is 0.0334. The van der Waals surface area contributed by atoms with Gasteiger partial charge >= 0.3 is 0 Å². The first kappa shape index (κ1) is 11.1. The third kappa shape index (κ3) is 2.09. The van der Waals surface area contributed by atoms with Gasteiger partial charge < -0.3 is 10.0 Å². The molecule has 1 atom stereocenters. The van der Waals surface area contributed by atoms with E-state index in [4.69, 9.17) is 11.6 Å². The molecule has 15 heavy (non-hydrogen) atoms. The molecule has 2 heterocycles. The average molecular weight is 248 g/mol. The number of piperidine rings is 1. The van der Waals surface area contributed by atoms with Gasteiger partial charge in [-0.05, 0) is 6.42 Å². The Morgan fingerprint density at radius 3 is 2.80 bits per heavy atom. The maximum absolute atomic E-state index is 9.83. The molecule has 0 bridgehead atoms. The zero-order valence-corrected chi connectivity index (χ0v) is 10.3. The van der Waals surface area contributed by atoms with Gasteiger partial charge in [0.2, 0.25) is 0 Å². The lowest BCUT2D eigenvalue weighted by Crippen LogP contribution is -2.48. The second-order valence-electron chi connectivity index (χ2n) is 4.59. The van der Waals surface area contributed by atoms with Gasteiger partial charge in [-0.15, -0.1) is 0 Å². The second kappa shape index (κ2) is 3.88. The van der Waals surface area contributed by atoms with E-state index in [9.17, 15) is 5.11 Å². The van der Waals surface area contributed by atoms with Crippen molar-refractivity contribution in [1.82, 2.24) is 8.75 Å². The number of aliphatic hydroxyl groups excluding tert-OH is 1. The van der Waals surface area contributed by atoms with Gasteiger partial charge in [-0.3, -0.25) is 0 Å². The Bertz CT molecular complexity index is 355. The van der Waals surface area contributed by atoms with Crippen LogP contribution in [0.5, 0.6) is 0 Å². The molecule has 0 amide bonds. The van der Waals surface area contributed by atoms with Crippen LogP contribution in [0.25, 0.3) is 0 Å². The summed E-state index contributed by atoms with van der Waals surface area (Å²) in [7, 11) is 0. The van der Waals surface area contributed by atoms with E-state index in [1.165, 1.54) is 0 Å². The van der Waals surface area contributed by atoms with Crippen LogP contribution in [0.3, 0.4) is 0 Å². The van der Waals surface area contributed by atoms with Gasteiger partial charge in [0.05, 0.1) is 17.8 Å². The van der Waals surface area contributed by atoms with Crippen molar-refractivity contribution in [1.29, 1.82) is 0 Å². The number of rotatable bonds is 1. The largest absolute Gasteiger partial charge is 0.392 e. The first-order valence-electron chi connectivity index (χ1n) is 4.92. The quantitative estimate of drug-likeness (QED) is 0.822. The SMILES string of the molecule is CC1(C)CN(c2nsnc2Cl)CCC1O. The summed E-state index contributed by atoms with van der Waals surface area (Å²) >= 11 is 7.06. The molecule has 0 aromatic carbocycles. The molecule has 1 N–H and O–H groups in total. The summed E-state index contributed by atoms with van der Waals surface area (Å²) < 4.78 is 8.12. The van der Waals surface area contributed by atoms with E-state index in [2.05, 4.69) is 27.5 Å². The maximum atomic E-state index is 9.83. The minimum atomic E-state index is -0.251. The summed E-state index contributed by atoms with van der Waals surface area (Å²) in [5.74, 6) is 0.752. The highest BCUT2D eigenvalue weighted by atomic mass is 35.5. The van der Waals surface area contributed by atoms with Crippen LogP contribution in [-0.4, -0.2) is 33.0 Å². The van der Waals surface area contributed by atoms with E-state index in [0.717, 1.165) is 37.1 Å². The van der Waals surface area contributed by atoms with Gasteiger partial charge in [0.15, 0.2) is 11.0 Å². The number of hydrogen-bond acceptors (Lipinski definition) is 5. The molecule has 0 spiro atoms. The van der Waals surface area contributed by atoms with E-state index < -0.39 is 0 Å². The summed E-state index contributed by atoms with van der Waals surface area (Å²) in [5, 5.41) is 10.3. The minimum absolute atomic E-state index is 0.120. The molecule has 6 heteroatoms. The summed E-state index contributed by atoms with van der Waals surface area (Å²) in [5.41, 5.74) is -0.120. The average Bonchev–Trinajstić information content (AvgIpc) is 2.56. The van der Waals surface area contributed by atoms with Crippen LogP contribution in [0.2, 0.25) is 5.15 Å². The Balaban J connectivity index is 2.17. The number of nitrogens with zero attached hydrogens (tertiary/aromatic N) is 3. The van der Waals surface area contributed by atoms with Gasteiger partial charge in [0.25, 0.3) is 0 Å². The fourth-order valence-electron chi connectivity index (χ4n) is 1.89. The number of aliphatic hydroxyl groups is 1. The van der Waals surface area contributed by atoms with Crippen LogP contribution < -0.4 is 4.90 Å². The van der Waals surface area contributed by atoms with E-state index in [0.29, 0.717) is 5.15 Å². The van der Waals surface area contributed by atoms with Crippen molar-refractivity contribution >= 4 is 29.1 Å². The Kier molecular flexibility index (Phi) is 2.87. The third-order valence-corrected chi connectivity index (χ3v) is 3.78. The molecule has 1 aliphatic rings. The lowest BCUT2D eigenvalue weighted by Gasteiger charge is -2.41. The zero-order valence-electron chi connectivity index (χ0n) is 8.77. The number of anilines is 1. The fraction of sp³-hybridized carbons (Fsp3) is 0.778. The molecule has 1 fully saturated rings. The number of halogens is 1. The van der Waals surface area contributed by atoms with Crippen LogP contribution in [-0.2, 0) is 0 Å². The summed E-state index contributed by atoms with van der Waals surface area (Å²) in [4.78, 5) is 2.10. The van der Waals surface area contributed by atoms with Crippen molar-refractivity contribution in [2.45, 2.75) is 26.4 Å². The highest BCUT2D eigenvalue weighted by molar-refractivity contribution is 6.99. The van der Waals surface area contributed by atoms with Crippen LogP contribution >= 0.6 is 23.3 Å². The van der Waals surface area contributed by atoms with Crippen LogP contribution in [0, 0.1) is 5.41 Å². The highest BCUT2D eigenvalue weighted by Gasteiger charge is 2.35. The molecule has 0 saturated carbocycles. The highest BCUT2D eigenvalue weighted by Crippen LogP contribution is 2.33. The fourth-order valence-corrected chi connectivity index (χ4v) is 2.67. The van der Waals surface area contributed by atoms with Gasteiger partial charge in [-0.25, -0.2) is 0 Å². The number of hydrogen-bond donors (Lipinski definition) is 1. The third-order valence-electron chi connectivity index (χ3n) is 2.91. The van der Waals surface area contributed by atoms with Crippen molar-refractivity contribution < 1.29 is 5.11 Å². The molecule has 1 saturated heterocycles. The molecular formula is C9H14ClN3OS. The first-order chi connectivity index (χ1) is 7.00. The monoisotopic (exact) mass is 247 g/mol. The summed E-state index contributed by atoms with van der Waals surface area (Å²) in [6.07, 6.45) is 0.500. The Labute approximate surface area is 98.2 Å². The minimum Gasteiger partial charge on any atom is -0.392 e. The Morgan fingerprint density at radius 1 is 1.53 bits per heavy atom. The molecule has 84 valence electrons. The normalized spacial score (nSPS) is 25.6. The van der Waals surface area contributed by atoms with E-state index >= 15 is 0 Å². The van der Waals surface area contributed by atoms with Crippen molar-refractivity contribution in [2.75, 3.05) is 18.0 Å². The molecule has 1 aliphatic heterocycles. The Morgan fingerprint density at radius 2 is 2.27 bits per heavy atom. The topological polar surface area (TPSA) is 49.2 Å². The molecule has 1 aromatic rings. The van der Waals surface area contributed by atoms with Crippen molar-refractivity contribution in [3.05, 3.63) is 5.15 Å². The predicted molar refractivity (Wildman–Crippen MR) is 61.5 cm³/mol. The van der Waals surface area contributed by atoms with E-state index in [1.807, 2.05) is 0 Å². The molecule has 1 unspecified atom stereocenters. The lowest BCUT2D eigenvalue weighted by atomic mass is 9.81. The van der Waals surface area contributed by atoms with E-state index in [-0.39, 0.29) is 11.5 Å². The summed E-state index contributed by atoms with van der Waals surface area (Å²) in [6, 6.07) is 0.